The molecule has 1 atom stereocenters. The van der Waals surface area contributed by atoms with Crippen molar-refractivity contribution in [2.24, 2.45) is 0 Å². The normalized spacial score (nSPS) is 12.2. The molecule has 1 rings (SSSR count). The van der Waals surface area contributed by atoms with Gasteiger partial charge in [-0.15, -0.1) is 0 Å². The van der Waals surface area contributed by atoms with E-state index in [0.29, 0.717) is 24.4 Å². The average Bonchev–Trinajstić information content (AvgIpc) is 2.53. The number of anilines is 2. The van der Waals surface area contributed by atoms with Crippen molar-refractivity contribution >= 4 is 17.3 Å². The van der Waals surface area contributed by atoms with Crippen LogP contribution < -0.4 is 11.5 Å². The standard InChI is InChI=1S/C19H32N2O3/c1-2-3-4-5-6-7-8-17(11-12-19(22)23)24-14-15-9-10-16(20)13-18(15)21/h9-10,13,17H,2-8,11-12,14,20-21H2,1H3,(H,22,23). The summed E-state index contributed by atoms with van der Waals surface area (Å²) in [5.41, 5.74) is 13.8. The van der Waals surface area contributed by atoms with E-state index in [0.717, 1.165) is 18.4 Å². The maximum Gasteiger partial charge on any atom is 0.303 e. The Hall–Kier alpha value is -1.75. The van der Waals surface area contributed by atoms with Gasteiger partial charge in [0, 0.05) is 23.4 Å². The molecule has 0 radical (unpaired) electrons. The number of carbonyl (C=O) groups is 1. The molecule has 0 saturated heterocycles. The summed E-state index contributed by atoms with van der Waals surface area (Å²) >= 11 is 0. The fourth-order valence-electron chi connectivity index (χ4n) is 2.70. The molecular weight excluding hydrogens is 304 g/mol. The van der Waals surface area contributed by atoms with Crippen molar-refractivity contribution in [3.05, 3.63) is 23.8 Å². The second kappa shape index (κ2) is 11.7. The predicted octanol–water partition coefficient (Wildman–Crippen LogP) is 4.35. The molecule has 5 N–H and O–H groups in total. The molecule has 1 aromatic rings. The number of carboxylic acids is 1. The minimum Gasteiger partial charge on any atom is -0.481 e. The fraction of sp³-hybridized carbons (Fsp3) is 0.632. The Balaban J connectivity index is 2.41. The van der Waals surface area contributed by atoms with E-state index >= 15 is 0 Å². The van der Waals surface area contributed by atoms with Crippen LogP contribution in [0, 0.1) is 0 Å². The predicted molar refractivity (Wildman–Crippen MR) is 98.7 cm³/mol. The summed E-state index contributed by atoms with van der Waals surface area (Å²) in [6.07, 6.45) is 8.84. The molecule has 1 unspecified atom stereocenters. The number of aliphatic carboxylic acids is 1. The van der Waals surface area contributed by atoms with Crippen LogP contribution >= 0.6 is 0 Å². The maximum absolute atomic E-state index is 10.8. The summed E-state index contributed by atoms with van der Waals surface area (Å²) in [5, 5.41) is 8.90. The lowest BCUT2D eigenvalue weighted by atomic mass is 10.0. The first-order valence-electron chi connectivity index (χ1n) is 9.00. The van der Waals surface area contributed by atoms with Gasteiger partial charge in [-0.1, -0.05) is 51.5 Å². The fourth-order valence-corrected chi connectivity index (χ4v) is 2.70. The highest BCUT2D eigenvalue weighted by molar-refractivity contribution is 5.66. The van der Waals surface area contributed by atoms with Crippen molar-refractivity contribution in [1.82, 2.24) is 0 Å². The van der Waals surface area contributed by atoms with Crippen LogP contribution in [0.25, 0.3) is 0 Å². The molecule has 0 fully saturated rings. The molecular formula is C19H32N2O3. The summed E-state index contributed by atoms with van der Waals surface area (Å²) in [7, 11) is 0. The van der Waals surface area contributed by atoms with Crippen molar-refractivity contribution in [2.75, 3.05) is 11.5 Å². The quantitative estimate of drug-likeness (QED) is 0.367. The van der Waals surface area contributed by atoms with Gasteiger partial charge in [-0.3, -0.25) is 4.79 Å². The van der Waals surface area contributed by atoms with Gasteiger partial charge in [-0.2, -0.15) is 0 Å². The molecule has 1 aromatic carbocycles. The van der Waals surface area contributed by atoms with E-state index < -0.39 is 5.97 Å². The van der Waals surface area contributed by atoms with E-state index in [4.69, 9.17) is 21.3 Å². The molecule has 24 heavy (non-hydrogen) atoms. The number of benzene rings is 1. The highest BCUT2D eigenvalue weighted by atomic mass is 16.5. The molecule has 0 spiro atoms. The zero-order valence-corrected chi connectivity index (χ0v) is 14.8. The molecule has 0 aliphatic rings. The van der Waals surface area contributed by atoms with Crippen molar-refractivity contribution < 1.29 is 14.6 Å². The third-order valence-corrected chi connectivity index (χ3v) is 4.20. The lowest BCUT2D eigenvalue weighted by Crippen LogP contribution is -2.15. The number of hydrogen-bond donors (Lipinski definition) is 3. The van der Waals surface area contributed by atoms with Crippen LogP contribution in [0.5, 0.6) is 0 Å². The van der Waals surface area contributed by atoms with Gasteiger partial charge in [-0.05, 0) is 25.0 Å². The number of hydrogen-bond acceptors (Lipinski definition) is 4. The Bertz CT molecular complexity index is 492. The number of rotatable bonds is 13. The first-order valence-corrected chi connectivity index (χ1v) is 9.00. The zero-order chi connectivity index (χ0) is 17.8. The molecule has 136 valence electrons. The monoisotopic (exact) mass is 336 g/mol. The van der Waals surface area contributed by atoms with Crippen LogP contribution in [-0.2, 0) is 16.1 Å². The molecule has 0 heterocycles. The topological polar surface area (TPSA) is 98.6 Å². The molecule has 0 aromatic heterocycles. The summed E-state index contributed by atoms with van der Waals surface area (Å²) in [6.45, 7) is 2.60. The van der Waals surface area contributed by atoms with Gasteiger partial charge >= 0.3 is 5.97 Å². The minimum absolute atomic E-state index is 0.0378. The number of unbranched alkanes of at least 4 members (excludes halogenated alkanes) is 5. The second-order valence-electron chi connectivity index (χ2n) is 6.38. The molecule has 5 nitrogen and oxygen atoms in total. The highest BCUT2D eigenvalue weighted by Crippen LogP contribution is 2.20. The highest BCUT2D eigenvalue weighted by Gasteiger charge is 2.12. The van der Waals surface area contributed by atoms with Gasteiger partial charge in [0.15, 0.2) is 0 Å². The minimum atomic E-state index is -0.779. The van der Waals surface area contributed by atoms with Crippen molar-refractivity contribution in [1.29, 1.82) is 0 Å². The van der Waals surface area contributed by atoms with Crippen LogP contribution in [0.15, 0.2) is 18.2 Å². The van der Waals surface area contributed by atoms with Crippen LogP contribution in [-0.4, -0.2) is 17.2 Å². The van der Waals surface area contributed by atoms with Crippen LogP contribution in [0.4, 0.5) is 11.4 Å². The van der Waals surface area contributed by atoms with E-state index in [1.54, 1.807) is 12.1 Å². The first kappa shape index (κ1) is 20.3. The number of carboxylic acid groups (broad SMARTS) is 1. The number of nitrogens with two attached hydrogens (primary N) is 2. The largest absolute Gasteiger partial charge is 0.481 e. The van der Waals surface area contributed by atoms with E-state index in [1.165, 1.54) is 32.1 Å². The zero-order valence-electron chi connectivity index (χ0n) is 14.8. The van der Waals surface area contributed by atoms with E-state index in [9.17, 15) is 4.79 Å². The second-order valence-corrected chi connectivity index (χ2v) is 6.38. The Morgan fingerprint density at radius 1 is 1.12 bits per heavy atom. The van der Waals surface area contributed by atoms with Gasteiger partial charge in [0.2, 0.25) is 0 Å². The smallest absolute Gasteiger partial charge is 0.303 e. The Labute approximate surface area is 145 Å². The van der Waals surface area contributed by atoms with Crippen LogP contribution in [0.1, 0.15) is 70.3 Å². The SMILES string of the molecule is CCCCCCCCC(CCC(=O)O)OCc1ccc(N)cc1N. The molecule has 0 aliphatic heterocycles. The average molecular weight is 336 g/mol. The van der Waals surface area contributed by atoms with Crippen molar-refractivity contribution in [3.8, 4) is 0 Å². The maximum atomic E-state index is 10.8. The third kappa shape index (κ3) is 8.77. The molecule has 5 heteroatoms. The van der Waals surface area contributed by atoms with Gasteiger partial charge in [0.05, 0.1) is 12.7 Å². The Kier molecular flexibility index (Phi) is 9.92. The lowest BCUT2D eigenvalue weighted by Gasteiger charge is -2.18. The Morgan fingerprint density at radius 3 is 2.50 bits per heavy atom. The van der Waals surface area contributed by atoms with Gasteiger partial charge in [-0.25, -0.2) is 0 Å². The van der Waals surface area contributed by atoms with E-state index in [1.807, 2.05) is 6.07 Å². The van der Waals surface area contributed by atoms with Gasteiger partial charge < -0.3 is 21.3 Å². The molecule has 0 amide bonds. The van der Waals surface area contributed by atoms with E-state index in [-0.39, 0.29) is 12.5 Å². The third-order valence-electron chi connectivity index (χ3n) is 4.20. The molecule has 0 saturated carbocycles. The molecule has 0 aliphatic carbocycles. The first-order chi connectivity index (χ1) is 11.5. The van der Waals surface area contributed by atoms with Crippen molar-refractivity contribution in [2.45, 2.75) is 77.4 Å². The number of ether oxygens (including phenoxy) is 1. The van der Waals surface area contributed by atoms with Crippen LogP contribution in [0.3, 0.4) is 0 Å². The summed E-state index contributed by atoms with van der Waals surface area (Å²) < 4.78 is 5.94. The van der Waals surface area contributed by atoms with Crippen LogP contribution in [0.2, 0.25) is 0 Å². The Morgan fingerprint density at radius 2 is 1.83 bits per heavy atom. The van der Waals surface area contributed by atoms with Crippen molar-refractivity contribution in [3.63, 3.8) is 0 Å². The van der Waals surface area contributed by atoms with Gasteiger partial charge in [0.1, 0.15) is 0 Å². The summed E-state index contributed by atoms with van der Waals surface area (Å²) in [6, 6.07) is 5.39. The van der Waals surface area contributed by atoms with Gasteiger partial charge in [0.25, 0.3) is 0 Å². The van der Waals surface area contributed by atoms with E-state index in [2.05, 4.69) is 6.92 Å². The lowest BCUT2D eigenvalue weighted by molar-refractivity contribution is -0.138. The summed E-state index contributed by atoms with van der Waals surface area (Å²) in [4.78, 5) is 10.8. The summed E-state index contributed by atoms with van der Waals surface area (Å²) in [5.74, 6) is -0.779. The number of nitrogen functional groups attached to an aromatic ring is 2. The molecule has 0 bridgehead atoms.